The number of ether oxygens (including phenoxy) is 2. The summed E-state index contributed by atoms with van der Waals surface area (Å²) in [5.74, 6) is 1.31. The second-order valence-electron chi connectivity index (χ2n) is 14.9. The molecule has 16 heteroatoms. The SMILES string of the molecule is O=C([C@@H]1Cc2cc(Cl)cc(-c3ccnc4[nH]ccc34)c2O1)N1CCN[C@H](CO)C1.O=C([C@H]1Cc2cc(Cl)cc(-c3ccnc4[nH]ccc34)c2O1)N1CCN[C@H](CO)C1. The van der Waals surface area contributed by atoms with Crippen LogP contribution in [0.3, 0.4) is 0 Å². The largest absolute Gasteiger partial charge is 0.479 e. The number of benzene rings is 2. The van der Waals surface area contributed by atoms with Gasteiger partial charge >= 0.3 is 0 Å². The first kappa shape index (κ1) is 38.3. The predicted octanol–water partition coefficient (Wildman–Crippen LogP) is 3.96. The molecule has 6 N–H and O–H groups in total. The molecule has 6 aromatic rings. The number of carbonyl (C=O) groups is 2. The summed E-state index contributed by atoms with van der Waals surface area (Å²) in [5.41, 5.74) is 7.10. The minimum Gasteiger partial charge on any atom is -0.479 e. The Bertz CT molecular complexity index is 2340. The minimum atomic E-state index is -0.580. The van der Waals surface area contributed by atoms with Crippen LogP contribution in [-0.2, 0) is 22.4 Å². The number of H-pyrrole nitrogens is 2. The zero-order chi connectivity index (χ0) is 39.9. The first-order valence-corrected chi connectivity index (χ1v) is 20.1. The first-order chi connectivity index (χ1) is 28.3. The average Bonchev–Trinajstić information content (AvgIpc) is 4.09. The molecule has 0 spiro atoms. The zero-order valence-corrected chi connectivity index (χ0v) is 32.9. The highest BCUT2D eigenvalue weighted by molar-refractivity contribution is 6.31. The van der Waals surface area contributed by atoms with Gasteiger partial charge in [0.15, 0.2) is 12.2 Å². The summed E-state index contributed by atoms with van der Waals surface area (Å²) in [7, 11) is 0. The Morgan fingerprint density at radius 2 is 1.12 bits per heavy atom. The maximum atomic E-state index is 13.1. The molecular weight excluding hydrogens is 783 g/mol. The smallest absolute Gasteiger partial charge is 0.264 e. The zero-order valence-electron chi connectivity index (χ0n) is 31.4. The van der Waals surface area contributed by atoms with E-state index in [2.05, 4.69) is 30.6 Å². The van der Waals surface area contributed by atoms with E-state index in [1.165, 1.54) is 0 Å². The fourth-order valence-corrected chi connectivity index (χ4v) is 8.90. The normalized spacial score (nSPS) is 21.2. The molecule has 14 nitrogen and oxygen atoms in total. The molecule has 2 aromatic carbocycles. The van der Waals surface area contributed by atoms with Gasteiger partial charge in [0.2, 0.25) is 0 Å². The second-order valence-corrected chi connectivity index (χ2v) is 15.8. The summed E-state index contributed by atoms with van der Waals surface area (Å²) in [5, 5.41) is 28.4. The molecule has 0 unspecified atom stereocenters. The van der Waals surface area contributed by atoms with Crippen LogP contribution in [0.5, 0.6) is 11.5 Å². The van der Waals surface area contributed by atoms with E-state index in [0.29, 0.717) is 73.7 Å². The minimum absolute atomic E-state index is 0.00396. The van der Waals surface area contributed by atoms with Gasteiger partial charge in [-0.15, -0.1) is 0 Å². The number of carbonyl (C=O) groups excluding carboxylic acids is 2. The van der Waals surface area contributed by atoms with Crippen molar-refractivity contribution >= 4 is 57.1 Å². The summed E-state index contributed by atoms with van der Waals surface area (Å²) < 4.78 is 12.4. The van der Waals surface area contributed by atoms with E-state index >= 15 is 0 Å². The van der Waals surface area contributed by atoms with Crippen LogP contribution < -0.4 is 20.1 Å². The molecule has 58 heavy (non-hydrogen) atoms. The third-order valence-corrected chi connectivity index (χ3v) is 11.7. The van der Waals surface area contributed by atoms with E-state index in [9.17, 15) is 19.8 Å². The monoisotopic (exact) mass is 824 g/mol. The molecule has 4 aliphatic heterocycles. The number of aliphatic hydroxyl groups is 2. The Kier molecular flexibility index (Phi) is 10.7. The maximum Gasteiger partial charge on any atom is 0.264 e. The van der Waals surface area contributed by atoms with E-state index in [1.54, 1.807) is 22.2 Å². The molecule has 4 atom stereocenters. The lowest BCUT2D eigenvalue weighted by atomic mass is 9.99. The molecule has 10 rings (SSSR count). The molecule has 0 radical (unpaired) electrons. The summed E-state index contributed by atoms with van der Waals surface area (Å²) in [6.07, 6.45) is 6.99. The number of piperazine rings is 2. The number of hydrogen-bond acceptors (Lipinski definition) is 10. The number of aliphatic hydroxyl groups excluding tert-OH is 2. The number of nitrogens with zero attached hydrogens (tertiary/aromatic N) is 4. The topological polar surface area (TPSA) is 181 Å². The number of hydrogen-bond donors (Lipinski definition) is 6. The molecule has 2 saturated heterocycles. The molecule has 300 valence electrons. The van der Waals surface area contributed by atoms with Crippen molar-refractivity contribution in [2.75, 3.05) is 52.5 Å². The van der Waals surface area contributed by atoms with Gasteiger partial charge in [-0.25, -0.2) is 9.97 Å². The van der Waals surface area contributed by atoms with Crippen LogP contribution in [-0.4, -0.2) is 129 Å². The van der Waals surface area contributed by atoms with E-state index in [-0.39, 0.29) is 37.1 Å². The highest BCUT2D eigenvalue weighted by Gasteiger charge is 2.38. The lowest BCUT2D eigenvalue weighted by Crippen LogP contribution is -2.56. The van der Waals surface area contributed by atoms with Crippen molar-refractivity contribution in [1.29, 1.82) is 0 Å². The van der Waals surface area contributed by atoms with E-state index < -0.39 is 12.2 Å². The quantitative estimate of drug-likeness (QED) is 0.144. The number of fused-ring (bicyclic) bond motifs is 4. The van der Waals surface area contributed by atoms with Crippen molar-refractivity contribution in [2.24, 2.45) is 0 Å². The number of pyridine rings is 2. The Balaban J connectivity index is 0.000000150. The predicted molar refractivity (Wildman–Crippen MR) is 220 cm³/mol. The molecule has 0 saturated carbocycles. The standard InChI is InChI=1S/2C21H21ClN4O3/c2*22-13-7-12-8-18(21(28)26-6-5-23-14(10-26)11-27)29-19(12)17(9-13)15-1-3-24-20-16(15)2-4-25-20/h2*1-4,7,9,14,18,23,27H,5-6,8,10-11H2,(H,24,25)/t14-,18+;14-,18-/m00/s1. The Hall–Kier alpha value is -5.22. The van der Waals surface area contributed by atoms with E-state index in [1.807, 2.05) is 60.9 Å². The van der Waals surface area contributed by atoms with Crippen molar-refractivity contribution < 1.29 is 29.3 Å². The Morgan fingerprint density at radius 1 is 0.672 bits per heavy atom. The van der Waals surface area contributed by atoms with Crippen molar-refractivity contribution in [3.05, 3.63) is 94.5 Å². The van der Waals surface area contributed by atoms with Gasteiger partial charge in [0, 0.05) is 132 Å². The first-order valence-electron chi connectivity index (χ1n) is 19.4. The van der Waals surface area contributed by atoms with Crippen LogP contribution in [0, 0.1) is 0 Å². The molecular formula is C42H42Cl2N8O6. The van der Waals surface area contributed by atoms with Crippen LogP contribution in [0.2, 0.25) is 10.0 Å². The van der Waals surface area contributed by atoms with Crippen LogP contribution >= 0.6 is 23.2 Å². The molecule has 4 aromatic heterocycles. The van der Waals surface area contributed by atoms with Gasteiger partial charge in [0.05, 0.1) is 13.2 Å². The van der Waals surface area contributed by atoms with Crippen molar-refractivity contribution in [1.82, 2.24) is 40.4 Å². The van der Waals surface area contributed by atoms with Gasteiger partial charge in [-0.05, 0) is 59.7 Å². The van der Waals surface area contributed by atoms with Gasteiger partial charge in [0.1, 0.15) is 22.8 Å². The highest BCUT2D eigenvalue weighted by Crippen LogP contribution is 2.45. The maximum absolute atomic E-state index is 13.1. The average molecular weight is 826 g/mol. The number of nitrogens with one attached hydrogen (secondary N) is 4. The third kappa shape index (κ3) is 7.36. The third-order valence-electron chi connectivity index (χ3n) is 11.2. The number of amides is 2. The summed E-state index contributed by atoms with van der Waals surface area (Å²) >= 11 is 12.8. The number of aromatic amines is 2. The Morgan fingerprint density at radius 3 is 1.55 bits per heavy atom. The van der Waals surface area contributed by atoms with Gasteiger partial charge in [-0.3, -0.25) is 9.59 Å². The molecule has 2 fully saturated rings. The van der Waals surface area contributed by atoms with Crippen molar-refractivity contribution in [3.8, 4) is 33.8 Å². The summed E-state index contributed by atoms with van der Waals surface area (Å²) in [4.78, 5) is 44.6. The van der Waals surface area contributed by atoms with Crippen LogP contribution in [0.1, 0.15) is 11.1 Å². The number of rotatable bonds is 6. The lowest BCUT2D eigenvalue weighted by Gasteiger charge is -2.34. The second kappa shape index (κ2) is 16.2. The van der Waals surface area contributed by atoms with Gasteiger partial charge in [-0.1, -0.05) is 23.2 Å². The fourth-order valence-electron chi connectivity index (χ4n) is 8.42. The molecule has 0 bridgehead atoms. The van der Waals surface area contributed by atoms with Crippen LogP contribution in [0.25, 0.3) is 44.3 Å². The van der Waals surface area contributed by atoms with E-state index in [4.69, 9.17) is 32.7 Å². The number of aromatic nitrogens is 4. The van der Waals surface area contributed by atoms with Crippen LogP contribution in [0.15, 0.2) is 73.3 Å². The van der Waals surface area contributed by atoms with Crippen LogP contribution in [0.4, 0.5) is 0 Å². The summed E-state index contributed by atoms with van der Waals surface area (Å²) in [6.45, 7) is 3.50. The molecule has 0 aliphatic carbocycles. The molecule has 4 aliphatic rings. The lowest BCUT2D eigenvalue weighted by molar-refractivity contribution is -0.140. The summed E-state index contributed by atoms with van der Waals surface area (Å²) in [6, 6.07) is 15.1. The van der Waals surface area contributed by atoms with E-state index in [0.717, 1.165) is 55.4 Å². The Labute approximate surface area is 343 Å². The molecule has 8 heterocycles. The van der Waals surface area contributed by atoms with Gasteiger partial charge in [0.25, 0.3) is 11.8 Å². The van der Waals surface area contributed by atoms with Gasteiger partial charge < -0.3 is 50.1 Å². The molecule has 2 amide bonds. The fraction of sp³-hybridized carbons (Fsp3) is 0.333. The van der Waals surface area contributed by atoms with Gasteiger partial charge in [-0.2, -0.15) is 0 Å². The van der Waals surface area contributed by atoms with Crippen molar-refractivity contribution in [2.45, 2.75) is 37.1 Å². The number of halogens is 2. The highest BCUT2D eigenvalue weighted by atomic mass is 35.5. The van der Waals surface area contributed by atoms with Crippen molar-refractivity contribution in [3.63, 3.8) is 0 Å².